The predicted molar refractivity (Wildman–Crippen MR) is 164 cm³/mol. The first-order valence-corrected chi connectivity index (χ1v) is 17.4. The number of fused-ring (bicyclic) bond motifs is 2. The third-order valence-electron chi connectivity index (χ3n) is 8.81. The van der Waals surface area contributed by atoms with Crippen molar-refractivity contribution in [3.05, 3.63) is 75.5 Å². The molecule has 4 heterocycles. The summed E-state index contributed by atoms with van der Waals surface area (Å²) >= 11 is 1.42. The van der Waals surface area contributed by atoms with Crippen molar-refractivity contribution in [3.8, 4) is 11.3 Å². The van der Waals surface area contributed by atoms with Crippen LogP contribution in [0.5, 0.6) is 0 Å². The quantitative estimate of drug-likeness (QED) is 0.258. The van der Waals surface area contributed by atoms with Gasteiger partial charge in [0.15, 0.2) is 0 Å². The van der Waals surface area contributed by atoms with E-state index in [4.69, 9.17) is 0 Å². The normalized spacial score (nSPS) is 18.0. The second kappa shape index (κ2) is 12.4. The Morgan fingerprint density at radius 2 is 1.78 bits per heavy atom. The highest BCUT2D eigenvalue weighted by Gasteiger charge is 2.33. The smallest absolute Gasteiger partial charge is 0.391 e. The summed E-state index contributed by atoms with van der Waals surface area (Å²) in [4.78, 5) is 3.03. The number of aliphatic hydroxyl groups excluding tert-OH is 2. The van der Waals surface area contributed by atoms with Gasteiger partial charge in [0.05, 0.1) is 36.8 Å². The van der Waals surface area contributed by atoms with E-state index in [9.17, 15) is 36.2 Å². The predicted octanol–water partition coefficient (Wildman–Crippen LogP) is 4.97. The molecule has 0 aliphatic carbocycles. The van der Waals surface area contributed by atoms with Gasteiger partial charge in [-0.15, -0.1) is 11.3 Å². The van der Waals surface area contributed by atoms with Gasteiger partial charge in [0.1, 0.15) is 5.82 Å². The molecule has 0 bridgehead atoms. The Morgan fingerprint density at radius 3 is 2.42 bits per heavy atom. The van der Waals surface area contributed by atoms with E-state index >= 15 is 0 Å². The molecule has 2 aromatic heterocycles. The van der Waals surface area contributed by atoms with E-state index in [1.165, 1.54) is 39.9 Å². The Kier molecular flexibility index (Phi) is 8.82. The largest absolute Gasteiger partial charge is 0.416 e. The molecule has 0 spiro atoms. The standard InChI is InChI=1S/C31H34F4N4O4S2/c1-45(42,43)38-13-10-26-25(17-38)30(20-2-4-21(5-3-20)31(33,34)35)36-39(26)16-23(41)15-37-11-8-19(9-12-37)29-24-7-6-22(32)14-27(24)44-28(29)18-40/h2-7,14,19,23,40-41H,8-13,15-18H2,1H3. The van der Waals surface area contributed by atoms with Gasteiger partial charge in [-0.3, -0.25) is 4.68 Å². The van der Waals surface area contributed by atoms with Crippen LogP contribution in [0.4, 0.5) is 17.6 Å². The molecule has 1 unspecified atom stereocenters. The first kappa shape index (κ1) is 32.1. The van der Waals surface area contributed by atoms with Crippen LogP contribution >= 0.6 is 11.3 Å². The Labute approximate surface area is 262 Å². The van der Waals surface area contributed by atoms with E-state index in [-0.39, 0.29) is 38.0 Å². The molecule has 242 valence electrons. The van der Waals surface area contributed by atoms with Crippen molar-refractivity contribution in [1.82, 2.24) is 19.0 Å². The van der Waals surface area contributed by atoms with Gasteiger partial charge in [0, 0.05) is 52.5 Å². The summed E-state index contributed by atoms with van der Waals surface area (Å²) in [5.74, 6) is -0.0942. The molecule has 1 fully saturated rings. The summed E-state index contributed by atoms with van der Waals surface area (Å²) < 4.78 is 81.8. The first-order chi connectivity index (χ1) is 21.3. The van der Waals surface area contributed by atoms with Gasteiger partial charge in [-0.2, -0.15) is 22.6 Å². The van der Waals surface area contributed by atoms with Crippen LogP contribution in [-0.2, 0) is 42.3 Å². The van der Waals surface area contributed by atoms with E-state index in [0.29, 0.717) is 29.8 Å². The molecule has 0 amide bonds. The van der Waals surface area contributed by atoms with E-state index in [2.05, 4.69) is 10.00 Å². The Balaban J connectivity index is 1.17. The molecule has 2 aromatic carbocycles. The van der Waals surface area contributed by atoms with E-state index < -0.39 is 27.9 Å². The number of alkyl halides is 3. The number of halogens is 4. The fraction of sp³-hybridized carbons (Fsp3) is 0.452. The van der Waals surface area contributed by atoms with Crippen molar-refractivity contribution in [2.24, 2.45) is 0 Å². The van der Waals surface area contributed by atoms with E-state index in [0.717, 1.165) is 70.5 Å². The lowest BCUT2D eigenvalue weighted by Gasteiger charge is -2.33. The number of thiophene rings is 1. The third-order valence-corrected chi connectivity index (χ3v) is 11.2. The average molecular weight is 667 g/mol. The van der Waals surface area contributed by atoms with Gasteiger partial charge in [-0.25, -0.2) is 12.8 Å². The Hall–Kier alpha value is -2.88. The molecular formula is C31H34F4N4O4S2. The molecule has 8 nitrogen and oxygen atoms in total. The highest BCUT2D eigenvalue weighted by atomic mass is 32.2. The molecule has 2 aliphatic rings. The number of benzene rings is 2. The lowest BCUT2D eigenvalue weighted by Crippen LogP contribution is -2.40. The minimum Gasteiger partial charge on any atom is -0.391 e. The van der Waals surface area contributed by atoms with E-state index in [1.807, 2.05) is 0 Å². The number of hydrogen-bond donors (Lipinski definition) is 2. The Morgan fingerprint density at radius 1 is 1.07 bits per heavy atom. The molecule has 2 aliphatic heterocycles. The minimum atomic E-state index is -4.49. The summed E-state index contributed by atoms with van der Waals surface area (Å²) in [6, 6.07) is 9.37. The van der Waals surface area contributed by atoms with Crippen molar-refractivity contribution in [2.75, 3.05) is 32.4 Å². The lowest BCUT2D eigenvalue weighted by molar-refractivity contribution is -0.137. The second-order valence-electron chi connectivity index (χ2n) is 11.8. The van der Waals surface area contributed by atoms with Crippen LogP contribution in [0.25, 0.3) is 21.3 Å². The van der Waals surface area contributed by atoms with Gasteiger partial charge in [0.25, 0.3) is 0 Å². The van der Waals surface area contributed by atoms with Gasteiger partial charge in [-0.1, -0.05) is 18.2 Å². The van der Waals surface area contributed by atoms with Crippen LogP contribution < -0.4 is 0 Å². The SMILES string of the molecule is CS(=O)(=O)N1CCc2c(c(-c3ccc(C(F)(F)F)cc3)nn2CC(O)CN2CCC(c3c(CO)sc4cc(F)ccc34)CC2)C1. The number of nitrogens with zero attached hydrogens (tertiary/aromatic N) is 4. The molecule has 1 saturated heterocycles. The highest BCUT2D eigenvalue weighted by Crippen LogP contribution is 2.41. The highest BCUT2D eigenvalue weighted by molar-refractivity contribution is 7.88. The number of rotatable bonds is 8. The zero-order valence-corrected chi connectivity index (χ0v) is 26.2. The van der Waals surface area contributed by atoms with Crippen LogP contribution in [-0.4, -0.2) is 76.2 Å². The molecular weight excluding hydrogens is 632 g/mol. The van der Waals surface area contributed by atoms with Gasteiger partial charge in [0.2, 0.25) is 10.0 Å². The zero-order valence-electron chi connectivity index (χ0n) is 24.6. The maximum atomic E-state index is 13.8. The first-order valence-electron chi connectivity index (χ1n) is 14.7. The van der Waals surface area contributed by atoms with Crippen molar-refractivity contribution in [2.45, 2.75) is 57.2 Å². The summed E-state index contributed by atoms with van der Waals surface area (Å²) in [5, 5.41) is 26.8. The third kappa shape index (κ3) is 6.67. The van der Waals surface area contributed by atoms with Gasteiger partial charge < -0.3 is 15.1 Å². The van der Waals surface area contributed by atoms with Crippen molar-refractivity contribution in [3.63, 3.8) is 0 Å². The molecule has 14 heteroatoms. The molecule has 0 radical (unpaired) electrons. The summed E-state index contributed by atoms with van der Waals surface area (Å²) in [6.07, 6.45) is -2.16. The van der Waals surface area contributed by atoms with Gasteiger partial charge in [-0.05, 0) is 67.1 Å². The van der Waals surface area contributed by atoms with Crippen LogP contribution in [0.1, 0.15) is 46.0 Å². The van der Waals surface area contributed by atoms with Crippen LogP contribution in [0.2, 0.25) is 0 Å². The molecule has 45 heavy (non-hydrogen) atoms. The fourth-order valence-corrected chi connectivity index (χ4v) is 8.58. The number of hydrogen-bond acceptors (Lipinski definition) is 7. The lowest BCUT2D eigenvalue weighted by atomic mass is 9.87. The van der Waals surface area contributed by atoms with Crippen LogP contribution in [0.15, 0.2) is 42.5 Å². The van der Waals surface area contributed by atoms with Crippen LogP contribution in [0.3, 0.4) is 0 Å². The number of likely N-dealkylation sites (tertiary alicyclic amines) is 1. The number of aromatic nitrogens is 2. The monoisotopic (exact) mass is 666 g/mol. The topological polar surface area (TPSA) is 98.9 Å². The molecule has 2 N–H and O–H groups in total. The molecule has 4 aromatic rings. The van der Waals surface area contributed by atoms with Crippen molar-refractivity contribution < 1.29 is 36.2 Å². The number of aliphatic hydroxyl groups is 2. The molecule has 6 rings (SSSR count). The summed E-state index contributed by atoms with van der Waals surface area (Å²) in [5.41, 5.74) is 2.53. The zero-order chi connectivity index (χ0) is 32.1. The number of sulfonamides is 1. The number of β-amino-alcohol motifs (C(OH)–C–C–N with tert-alkyl or cyclic N) is 1. The van der Waals surface area contributed by atoms with Crippen molar-refractivity contribution in [1.29, 1.82) is 0 Å². The number of piperidine rings is 1. The second-order valence-corrected chi connectivity index (χ2v) is 15.0. The maximum absolute atomic E-state index is 13.8. The van der Waals surface area contributed by atoms with Gasteiger partial charge >= 0.3 is 6.18 Å². The summed E-state index contributed by atoms with van der Waals surface area (Å²) in [6.45, 7) is 2.18. The van der Waals surface area contributed by atoms with Crippen LogP contribution in [0, 0.1) is 5.82 Å². The average Bonchev–Trinajstić information content (AvgIpc) is 3.54. The maximum Gasteiger partial charge on any atom is 0.416 e. The molecule has 0 saturated carbocycles. The van der Waals surface area contributed by atoms with E-state index in [1.54, 1.807) is 10.7 Å². The minimum absolute atomic E-state index is 0.0495. The molecule has 1 atom stereocenters. The fourth-order valence-electron chi connectivity index (χ4n) is 6.61. The summed E-state index contributed by atoms with van der Waals surface area (Å²) in [7, 11) is -3.50. The Bertz CT molecular complexity index is 1800. The van der Waals surface area contributed by atoms with Crippen molar-refractivity contribution >= 4 is 31.4 Å².